The predicted octanol–water partition coefficient (Wildman–Crippen LogP) is 5.82. The Hall–Kier alpha value is -2.62. The fourth-order valence-electron chi connectivity index (χ4n) is 5.74. The molecule has 0 saturated carbocycles. The van der Waals surface area contributed by atoms with Gasteiger partial charge < -0.3 is 10.2 Å². The Kier molecular flexibility index (Phi) is 6.80. The first-order chi connectivity index (χ1) is 16.2. The number of fused-ring (bicyclic) bond motifs is 1. The summed E-state index contributed by atoms with van der Waals surface area (Å²) in [5.41, 5.74) is 4.39. The lowest BCUT2D eigenvalue weighted by Gasteiger charge is -2.40. The van der Waals surface area contributed by atoms with Gasteiger partial charge in [0.1, 0.15) is 0 Å². The summed E-state index contributed by atoms with van der Waals surface area (Å²) in [6, 6.07) is 27.0. The van der Waals surface area contributed by atoms with E-state index in [9.17, 15) is 0 Å². The summed E-state index contributed by atoms with van der Waals surface area (Å²) in [6.45, 7) is 7.96. The number of benzene rings is 3. The first kappa shape index (κ1) is 22.2. The molecule has 172 valence electrons. The molecule has 2 aliphatic heterocycles. The van der Waals surface area contributed by atoms with E-state index in [2.05, 4.69) is 108 Å². The Balaban J connectivity index is 1.29. The van der Waals surface area contributed by atoms with E-state index in [-0.39, 0.29) is 0 Å². The number of likely N-dealkylation sites (tertiary alicyclic amines) is 1. The van der Waals surface area contributed by atoms with Gasteiger partial charge in [0.15, 0.2) is 0 Å². The molecule has 2 unspecified atom stereocenters. The number of nitrogens with zero attached hydrogens (tertiary/aromatic N) is 2. The van der Waals surface area contributed by atoms with E-state index in [4.69, 9.17) is 0 Å². The van der Waals surface area contributed by atoms with Gasteiger partial charge in [-0.3, -0.25) is 4.90 Å². The third kappa shape index (κ3) is 5.00. The van der Waals surface area contributed by atoms with Gasteiger partial charge >= 0.3 is 0 Å². The molecule has 2 heterocycles. The molecule has 5 rings (SSSR count). The minimum absolute atomic E-state index is 0.336. The van der Waals surface area contributed by atoms with Crippen LogP contribution in [0.1, 0.15) is 42.9 Å². The van der Waals surface area contributed by atoms with Gasteiger partial charge in [-0.05, 0) is 60.7 Å². The van der Waals surface area contributed by atoms with Crippen LogP contribution in [0.2, 0.25) is 0 Å². The minimum Gasteiger partial charge on any atom is -0.377 e. The van der Waals surface area contributed by atoms with E-state index in [1.54, 1.807) is 0 Å². The molecule has 3 heteroatoms. The Labute approximate surface area is 199 Å². The van der Waals surface area contributed by atoms with Crippen LogP contribution in [0, 0.1) is 5.92 Å². The molecule has 3 aromatic rings. The Morgan fingerprint density at radius 1 is 0.939 bits per heavy atom. The monoisotopic (exact) mass is 439 g/mol. The van der Waals surface area contributed by atoms with Crippen LogP contribution in [-0.2, 0) is 0 Å². The molecule has 0 aliphatic carbocycles. The Morgan fingerprint density at radius 3 is 2.55 bits per heavy atom. The summed E-state index contributed by atoms with van der Waals surface area (Å²) in [5, 5.41) is 6.61. The summed E-state index contributed by atoms with van der Waals surface area (Å²) < 4.78 is 0. The largest absolute Gasteiger partial charge is 0.377 e. The molecule has 2 aliphatic rings. The van der Waals surface area contributed by atoms with Crippen molar-refractivity contribution in [2.45, 2.75) is 31.7 Å². The van der Waals surface area contributed by atoms with Crippen molar-refractivity contribution in [3.05, 3.63) is 95.7 Å². The van der Waals surface area contributed by atoms with Crippen molar-refractivity contribution < 1.29 is 0 Å². The van der Waals surface area contributed by atoms with Gasteiger partial charge in [-0.2, -0.15) is 0 Å². The fourth-order valence-corrected chi connectivity index (χ4v) is 5.74. The summed E-state index contributed by atoms with van der Waals surface area (Å²) in [6.07, 6.45) is 4.86. The van der Waals surface area contributed by atoms with E-state index >= 15 is 0 Å². The SMILES string of the molecule is C[C@@H](NCC1CCN(CC2=CCCN2C)CC1c1ccccc1)c1cccc2ccccc12. The lowest BCUT2D eigenvalue weighted by molar-refractivity contribution is 0.158. The van der Waals surface area contributed by atoms with E-state index < -0.39 is 0 Å². The van der Waals surface area contributed by atoms with Gasteiger partial charge in [-0.15, -0.1) is 0 Å². The standard InChI is InChI=1S/C30H37N3/c1-23(28-16-8-13-24-12-6-7-15-29(24)28)31-20-26-17-19-33(21-27-14-9-18-32(27)2)22-30(26)25-10-4-3-5-11-25/h3-8,10-16,23,26,30-31H,9,17-22H2,1-2H3/t23-,26?,30?/m1/s1. The third-order valence-electron chi connectivity index (χ3n) is 7.76. The molecule has 0 radical (unpaired) electrons. The molecule has 1 fully saturated rings. The molecule has 1 N–H and O–H groups in total. The number of hydrogen-bond donors (Lipinski definition) is 1. The van der Waals surface area contributed by atoms with Gasteiger partial charge in [0.05, 0.1) is 0 Å². The highest BCUT2D eigenvalue weighted by molar-refractivity contribution is 5.86. The Morgan fingerprint density at radius 2 is 1.73 bits per heavy atom. The van der Waals surface area contributed by atoms with Crippen LogP contribution in [0.3, 0.4) is 0 Å². The summed E-state index contributed by atoms with van der Waals surface area (Å²) in [7, 11) is 2.23. The minimum atomic E-state index is 0.336. The summed E-state index contributed by atoms with van der Waals surface area (Å²) >= 11 is 0. The number of hydrogen-bond acceptors (Lipinski definition) is 3. The molecule has 1 saturated heterocycles. The van der Waals surface area contributed by atoms with Crippen molar-refractivity contribution >= 4 is 10.8 Å². The van der Waals surface area contributed by atoms with Crippen molar-refractivity contribution in [2.75, 3.05) is 39.8 Å². The van der Waals surface area contributed by atoms with E-state index in [1.165, 1.54) is 53.5 Å². The van der Waals surface area contributed by atoms with Crippen molar-refractivity contribution in [1.29, 1.82) is 0 Å². The maximum Gasteiger partial charge on any atom is 0.0380 e. The van der Waals surface area contributed by atoms with Crippen LogP contribution in [0.5, 0.6) is 0 Å². The van der Waals surface area contributed by atoms with Crippen LogP contribution in [0.25, 0.3) is 10.8 Å². The second kappa shape index (κ2) is 10.1. The van der Waals surface area contributed by atoms with Crippen LogP contribution >= 0.6 is 0 Å². The van der Waals surface area contributed by atoms with E-state index in [1.807, 2.05) is 0 Å². The molecule has 0 spiro atoms. The molecule has 33 heavy (non-hydrogen) atoms. The van der Waals surface area contributed by atoms with Gasteiger partial charge in [0.25, 0.3) is 0 Å². The van der Waals surface area contributed by atoms with Gasteiger partial charge in [0.2, 0.25) is 0 Å². The molecule has 0 bridgehead atoms. The molecule has 3 atom stereocenters. The number of nitrogens with one attached hydrogen (secondary N) is 1. The number of rotatable bonds is 7. The second-order valence-electron chi connectivity index (χ2n) is 9.91. The zero-order valence-corrected chi connectivity index (χ0v) is 20.1. The van der Waals surface area contributed by atoms with Crippen LogP contribution < -0.4 is 5.32 Å². The maximum atomic E-state index is 3.92. The average molecular weight is 440 g/mol. The molecule has 3 aromatic carbocycles. The predicted molar refractivity (Wildman–Crippen MR) is 139 cm³/mol. The molecule has 0 aromatic heterocycles. The summed E-state index contributed by atoms with van der Waals surface area (Å²) in [4.78, 5) is 5.10. The van der Waals surface area contributed by atoms with E-state index in [0.29, 0.717) is 17.9 Å². The van der Waals surface area contributed by atoms with E-state index in [0.717, 1.165) is 19.6 Å². The van der Waals surface area contributed by atoms with Crippen molar-refractivity contribution in [1.82, 2.24) is 15.1 Å². The van der Waals surface area contributed by atoms with Crippen molar-refractivity contribution in [3.63, 3.8) is 0 Å². The highest BCUT2D eigenvalue weighted by atomic mass is 15.2. The van der Waals surface area contributed by atoms with Crippen LogP contribution in [0.15, 0.2) is 84.6 Å². The average Bonchev–Trinajstić information content (AvgIpc) is 3.27. The lowest BCUT2D eigenvalue weighted by atomic mass is 9.80. The van der Waals surface area contributed by atoms with Gasteiger partial charge in [0, 0.05) is 44.3 Å². The Bertz CT molecular complexity index is 1080. The first-order valence-corrected chi connectivity index (χ1v) is 12.6. The molecular formula is C30H37N3. The fraction of sp³-hybridized carbons (Fsp3) is 0.400. The van der Waals surface area contributed by atoms with Crippen molar-refractivity contribution in [3.8, 4) is 0 Å². The van der Waals surface area contributed by atoms with Crippen molar-refractivity contribution in [2.24, 2.45) is 5.92 Å². The first-order valence-electron chi connectivity index (χ1n) is 12.6. The highest BCUT2D eigenvalue weighted by Crippen LogP contribution is 2.34. The van der Waals surface area contributed by atoms with Crippen LogP contribution in [-0.4, -0.2) is 49.6 Å². The summed E-state index contributed by atoms with van der Waals surface area (Å²) in [5.74, 6) is 1.22. The van der Waals surface area contributed by atoms with Crippen LogP contribution in [0.4, 0.5) is 0 Å². The molecule has 0 amide bonds. The second-order valence-corrected chi connectivity index (χ2v) is 9.91. The zero-order valence-electron chi connectivity index (χ0n) is 20.1. The zero-order chi connectivity index (χ0) is 22.6. The lowest BCUT2D eigenvalue weighted by Crippen LogP contribution is -2.44. The number of likely N-dealkylation sites (N-methyl/N-ethyl adjacent to an activating group) is 1. The number of piperidine rings is 1. The van der Waals surface area contributed by atoms with Gasteiger partial charge in [-0.25, -0.2) is 0 Å². The topological polar surface area (TPSA) is 18.5 Å². The normalized spacial score (nSPS) is 22.5. The molecular weight excluding hydrogens is 402 g/mol. The third-order valence-corrected chi connectivity index (χ3v) is 7.76. The maximum absolute atomic E-state index is 3.92. The van der Waals surface area contributed by atoms with Gasteiger partial charge in [-0.1, -0.05) is 78.9 Å². The quantitative estimate of drug-likeness (QED) is 0.501. The smallest absolute Gasteiger partial charge is 0.0380 e. The molecule has 3 nitrogen and oxygen atoms in total. The highest BCUT2D eigenvalue weighted by Gasteiger charge is 2.31.